The van der Waals surface area contributed by atoms with Gasteiger partial charge in [-0.25, -0.2) is 0 Å². The molecule has 0 aromatic rings. The Morgan fingerprint density at radius 2 is 2.00 bits per heavy atom. The van der Waals surface area contributed by atoms with Crippen LogP contribution in [0.15, 0.2) is 0 Å². The molecule has 1 nitrogen and oxygen atoms in total. The Morgan fingerprint density at radius 3 is 2.58 bits per heavy atom. The van der Waals surface area contributed by atoms with Crippen LogP contribution in [0.2, 0.25) is 0 Å². The van der Waals surface area contributed by atoms with Gasteiger partial charge in [0.1, 0.15) is 0 Å². The highest BCUT2D eigenvalue weighted by Gasteiger charge is 2.34. The van der Waals surface area contributed by atoms with E-state index in [2.05, 4.69) is 18.7 Å². The van der Waals surface area contributed by atoms with Crippen LogP contribution in [-0.2, 0) is 0 Å². The summed E-state index contributed by atoms with van der Waals surface area (Å²) in [6.45, 7) is 7.54. The lowest BCUT2D eigenvalue weighted by atomic mass is 9.85. The molecule has 1 heteroatoms. The van der Waals surface area contributed by atoms with Crippen LogP contribution in [0.3, 0.4) is 0 Å². The van der Waals surface area contributed by atoms with Crippen molar-refractivity contribution in [2.24, 2.45) is 11.8 Å². The second kappa shape index (κ2) is 3.37. The third kappa shape index (κ3) is 1.66. The molecule has 0 bridgehead atoms. The topological polar surface area (TPSA) is 3.24 Å². The molecule has 0 amide bonds. The monoisotopic (exact) mass is 167 g/mol. The molecule has 1 saturated heterocycles. The van der Waals surface area contributed by atoms with Gasteiger partial charge in [0.05, 0.1) is 0 Å². The first-order valence-electron chi connectivity index (χ1n) is 5.55. The maximum atomic E-state index is 2.73. The number of piperidine rings is 1. The molecular weight excluding hydrogens is 146 g/mol. The van der Waals surface area contributed by atoms with Gasteiger partial charge in [-0.15, -0.1) is 0 Å². The highest BCUT2D eigenvalue weighted by Crippen LogP contribution is 2.33. The van der Waals surface area contributed by atoms with Crippen LogP contribution in [0.1, 0.15) is 39.5 Å². The zero-order chi connectivity index (χ0) is 8.55. The Bertz CT molecular complexity index is 151. The molecule has 2 unspecified atom stereocenters. The molecule has 2 atom stereocenters. The summed E-state index contributed by atoms with van der Waals surface area (Å²) in [6.07, 6.45) is 5.77. The SMILES string of the molecule is CCC1CN(C2CC2)CCC1C. The van der Waals surface area contributed by atoms with Gasteiger partial charge in [-0.05, 0) is 37.6 Å². The molecule has 12 heavy (non-hydrogen) atoms. The molecule has 1 aliphatic heterocycles. The molecule has 0 spiro atoms. The van der Waals surface area contributed by atoms with E-state index in [4.69, 9.17) is 0 Å². The van der Waals surface area contributed by atoms with E-state index in [9.17, 15) is 0 Å². The van der Waals surface area contributed by atoms with E-state index in [0.717, 1.165) is 17.9 Å². The van der Waals surface area contributed by atoms with E-state index in [1.165, 1.54) is 38.8 Å². The van der Waals surface area contributed by atoms with Crippen LogP contribution < -0.4 is 0 Å². The summed E-state index contributed by atoms with van der Waals surface area (Å²) in [4.78, 5) is 2.73. The second-order valence-electron chi connectivity index (χ2n) is 4.66. The Labute approximate surface area is 76.1 Å². The van der Waals surface area contributed by atoms with Crippen molar-refractivity contribution in [3.05, 3.63) is 0 Å². The summed E-state index contributed by atoms with van der Waals surface area (Å²) < 4.78 is 0. The first-order chi connectivity index (χ1) is 5.81. The lowest BCUT2D eigenvalue weighted by Crippen LogP contribution is -2.40. The van der Waals surface area contributed by atoms with Crippen molar-refractivity contribution in [2.45, 2.75) is 45.6 Å². The van der Waals surface area contributed by atoms with E-state index in [1.807, 2.05) is 0 Å². The summed E-state index contributed by atoms with van der Waals surface area (Å²) in [5.41, 5.74) is 0. The maximum absolute atomic E-state index is 2.73. The molecule has 2 fully saturated rings. The number of likely N-dealkylation sites (tertiary alicyclic amines) is 1. The first kappa shape index (κ1) is 8.55. The van der Waals surface area contributed by atoms with Crippen molar-refractivity contribution >= 4 is 0 Å². The number of hydrogen-bond acceptors (Lipinski definition) is 1. The van der Waals surface area contributed by atoms with Crippen molar-refractivity contribution in [2.75, 3.05) is 13.1 Å². The summed E-state index contributed by atoms with van der Waals surface area (Å²) in [7, 11) is 0. The molecule has 1 heterocycles. The minimum atomic E-state index is 0.977. The lowest BCUT2D eigenvalue weighted by molar-refractivity contribution is 0.118. The van der Waals surface area contributed by atoms with Crippen LogP contribution in [0.25, 0.3) is 0 Å². The van der Waals surface area contributed by atoms with Gasteiger partial charge >= 0.3 is 0 Å². The molecular formula is C11H21N. The summed E-state index contributed by atoms with van der Waals surface area (Å²) >= 11 is 0. The minimum Gasteiger partial charge on any atom is -0.300 e. The number of hydrogen-bond donors (Lipinski definition) is 0. The molecule has 70 valence electrons. The van der Waals surface area contributed by atoms with Crippen molar-refractivity contribution in [3.8, 4) is 0 Å². The standard InChI is InChI=1S/C11H21N/c1-3-10-8-12(11-4-5-11)7-6-9(10)2/h9-11H,3-8H2,1-2H3. The van der Waals surface area contributed by atoms with Gasteiger partial charge in [-0.2, -0.15) is 0 Å². The lowest BCUT2D eigenvalue weighted by Gasteiger charge is -2.36. The van der Waals surface area contributed by atoms with Crippen molar-refractivity contribution < 1.29 is 0 Å². The quantitative estimate of drug-likeness (QED) is 0.611. The van der Waals surface area contributed by atoms with Crippen molar-refractivity contribution in [1.82, 2.24) is 4.90 Å². The van der Waals surface area contributed by atoms with Crippen LogP contribution in [0.5, 0.6) is 0 Å². The molecule has 1 saturated carbocycles. The zero-order valence-electron chi connectivity index (χ0n) is 8.42. The summed E-state index contributed by atoms with van der Waals surface area (Å²) in [5, 5.41) is 0. The van der Waals surface area contributed by atoms with Gasteiger partial charge in [0, 0.05) is 12.6 Å². The average molecular weight is 167 g/mol. The Balaban J connectivity index is 1.87. The molecule has 1 aliphatic carbocycles. The molecule has 0 aromatic carbocycles. The van der Waals surface area contributed by atoms with E-state index in [0.29, 0.717) is 0 Å². The van der Waals surface area contributed by atoms with Gasteiger partial charge < -0.3 is 4.90 Å². The Hall–Kier alpha value is -0.0400. The van der Waals surface area contributed by atoms with Crippen LogP contribution in [-0.4, -0.2) is 24.0 Å². The fourth-order valence-corrected chi connectivity index (χ4v) is 2.48. The smallest absolute Gasteiger partial charge is 0.00965 e. The number of rotatable bonds is 2. The third-order valence-electron chi connectivity index (χ3n) is 3.73. The molecule has 2 rings (SSSR count). The fraction of sp³-hybridized carbons (Fsp3) is 1.00. The molecule has 0 aromatic heterocycles. The second-order valence-corrected chi connectivity index (χ2v) is 4.66. The predicted molar refractivity (Wildman–Crippen MR) is 52.2 cm³/mol. The van der Waals surface area contributed by atoms with Crippen molar-refractivity contribution in [3.63, 3.8) is 0 Å². The van der Waals surface area contributed by atoms with E-state index in [1.54, 1.807) is 0 Å². The average Bonchev–Trinajstić information content (AvgIpc) is 2.88. The molecule has 0 radical (unpaired) electrons. The van der Waals surface area contributed by atoms with Gasteiger partial charge in [0.25, 0.3) is 0 Å². The van der Waals surface area contributed by atoms with Crippen LogP contribution >= 0.6 is 0 Å². The highest BCUT2D eigenvalue weighted by atomic mass is 15.2. The fourth-order valence-electron chi connectivity index (χ4n) is 2.48. The number of nitrogens with zero attached hydrogens (tertiary/aromatic N) is 1. The van der Waals surface area contributed by atoms with Crippen LogP contribution in [0, 0.1) is 11.8 Å². The Morgan fingerprint density at radius 1 is 1.25 bits per heavy atom. The van der Waals surface area contributed by atoms with Crippen molar-refractivity contribution in [1.29, 1.82) is 0 Å². The summed E-state index contributed by atoms with van der Waals surface area (Å²) in [5.74, 6) is 1.96. The van der Waals surface area contributed by atoms with E-state index >= 15 is 0 Å². The zero-order valence-corrected chi connectivity index (χ0v) is 8.42. The maximum Gasteiger partial charge on any atom is 0.00965 e. The molecule has 2 aliphatic rings. The van der Waals surface area contributed by atoms with E-state index in [-0.39, 0.29) is 0 Å². The largest absolute Gasteiger partial charge is 0.300 e. The van der Waals surface area contributed by atoms with Gasteiger partial charge in [0.2, 0.25) is 0 Å². The van der Waals surface area contributed by atoms with Crippen LogP contribution in [0.4, 0.5) is 0 Å². The predicted octanol–water partition coefficient (Wildman–Crippen LogP) is 2.52. The van der Waals surface area contributed by atoms with E-state index < -0.39 is 0 Å². The van der Waals surface area contributed by atoms with Gasteiger partial charge in [-0.3, -0.25) is 0 Å². The normalized spacial score (nSPS) is 38.5. The highest BCUT2D eigenvalue weighted by molar-refractivity contribution is 4.89. The first-order valence-corrected chi connectivity index (χ1v) is 5.55. The van der Waals surface area contributed by atoms with Gasteiger partial charge in [0.15, 0.2) is 0 Å². The minimum absolute atomic E-state index is 0.977. The molecule has 0 N–H and O–H groups in total. The Kier molecular flexibility index (Phi) is 2.40. The summed E-state index contributed by atoms with van der Waals surface area (Å²) in [6, 6.07) is 0.992. The van der Waals surface area contributed by atoms with Gasteiger partial charge in [-0.1, -0.05) is 20.3 Å². The third-order valence-corrected chi connectivity index (χ3v) is 3.73.